The Morgan fingerprint density at radius 3 is 2.71 bits per heavy atom. The third-order valence-electron chi connectivity index (χ3n) is 6.79. The van der Waals surface area contributed by atoms with Crippen molar-refractivity contribution in [2.75, 3.05) is 11.4 Å². The summed E-state index contributed by atoms with van der Waals surface area (Å²) in [6.45, 7) is 1.71. The summed E-state index contributed by atoms with van der Waals surface area (Å²) in [5, 5.41) is 8.98. The first-order valence-corrected chi connectivity index (χ1v) is 12.8. The van der Waals surface area contributed by atoms with Crippen LogP contribution in [0.2, 0.25) is 0 Å². The van der Waals surface area contributed by atoms with Crippen molar-refractivity contribution in [2.24, 2.45) is 0 Å². The van der Waals surface area contributed by atoms with E-state index in [1.807, 2.05) is 12.2 Å². The number of carboxylic acids is 1. The molecule has 0 aromatic heterocycles. The Morgan fingerprint density at radius 2 is 1.94 bits per heavy atom. The maximum Gasteiger partial charge on any atom is 0.323 e. The van der Waals surface area contributed by atoms with E-state index in [0.29, 0.717) is 16.9 Å². The molecule has 1 saturated heterocycles. The molecule has 2 aromatic carbocycles. The van der Waals surface area contributed by atoms with Gasteiger partial charge in [0.05, 0.1) is 4.91 Å². The van der Waals surface area contributed by atoms with Crippen molar-refractivity contribution in [1.82, 2.24) is 4.90 Å². The quantitative estimate of drug-likeness (QED) is 0.409. The standard InChI is InChI=1S/C27H26N2O3S2/c1-17-9-12-19(13-10-17)29-22-7-3-2-6-20(22)21-15-18(11-14-23(21)29)5-4-8-24-26(32)28(16-25(30)31)27(33)34-24/h4-5,8-15,20,22H,2-3,6-7,16H2,1H3,(H,30,31). The van der Waals surface area contributed by atoms with E-state index in [0.717, 1.165) is 22.2 Å². The van der Waals surface area contributed by atoms with Crippen LogP contribution < -0.4 is 4.90 Å². The van der Waals surface area contributed by atoms with Gasteiger partial charge in [-0.2, -0.15) is 0 Å². The number of hydrogen-bond donors (Lipinski definition) is 1. The number of hydrogen-bond acceptors (Lipinski definition) is 5. The molecular weight excluding hydrogens is 464 g/mol. The molecule has 2 heterocycles. The number of carbonyl (C=O) groups is 2. The number of carbonyl (C=O) groups excluding carboxylic acids is 1. The van der Waals surface area contributed by atoms with E-state index in [1.165, 1.54) is 48.2 Å². The summed E-state index contributed by atoms with van der Waals surface area (Å²) in [5.74, 6) is -0.896. The van der Waals surface area contributed by atoms with Gasteiger partial charge in [-0.15, -0.1) is 0 Å². The summed E-state index contributed by atoms with van der Waals surface area (Å²) in [6.07, 6.45) is 10.5. The van der Waals surface area contributed by atoms with Crippen LogP contribution in [0, 0.1) is 6.92 Å². The van der Waals surface area contributed by atoms with E-state index in [4.69, 9.17) is 17.3 Å². The van der Waals surface area contributed by atoms with Crippen molar-refractivity contribution in [3.8, 4) is 0 Å². The summed E-state index contributed by atoms with van der Waals surface area (Å²) < 4.78 is 0.282. The summed E-state index contributed by atoms with van der Waals surface area (Å²) in [7, 11) is 0. The van der Waals surface area contributed by atoms with Gasteiger partial charge in [-0.1, -0.05) is 72.7 Å². The Balaban J connectivity index is 1.40. The molecule has 34 heavy (non-hydrogen) atoms. The summed E-state index contributed by atoms with van der Waals surface area (Å²) in [5.41, 5.74) is 6.32. The Labute approximate surface area is 209 Å². The second-order valence-electron chi connectivity index (χ2n) is 9.03. The summed E-state index contributed by atoms with van der Waals surface area (Å²) >= 11 is 6.30. The number of aryl methyl sites for hydroxylation is 1. The minimum Gasteiger partial charge on any atom is -0.480 e. The van der Waals surface area contributed by atoms with Crippen LogP contribution in [0.15, 0.2) is 59.5 Å². The second-order valence-corrected chi connectivity index (χ2v) is 10.7. The molecule has 2 aliphatic heterocycles. The highest BCUT2D eigenvalue weighted by molar-refractivity contribution is 8.26. The highest BCUT2D eigenvalue weighted by Gasteiger charge is 2.40. The van der Waals surface area contributed by atoms with Crippen molar-refractivity contribution < 1.29 is 14.7 Å². The van der Waals surface area contributed by atoms with Crippen molar-refractivity contribution in [1.29, 1.82) is 0 Å². The fourth-order valence-electron chi connectivity index (χ4n) is 5.22. The molecule has 1 aliphatic carbocycles. The molecule has 2 unspecified atom stereocenters. The molecular formula is C27H26N2O3S2. The van der Waals surface area contributed by atoms with Gasteiger partial charge < -0.3 is 10.0 Å². The molecule has 3 aliphatic rings. The minimum absolute atomic E-state index is 0.282. The van der Waals surface area contributed by atoms with Crippen LogP contribution in [0.4, 0.5) is 11.4 Å². The highest BCUT2D eigenvalue weighted by Crippen LogP contribution is 2.51. The van der Waals surface area contributed by atoms with E-state index in [1.54, 1.807) is 6.08 Å². The number of anilines is 2. The zero-order valence-corrected chi connectivity index (χ0v) is 20.6. The lowest BCUT2D eigenvalue weighted by atomic mass is 9.82. The molecule has 2 atom stereocenters. The van der Waals surface area contributed by atoms with E-state index >= 15 is 0 Å². The number of benzene rings is 2. The first kappa shape index (κ1) is 22.9. The fraction of sp³-hybridized carbons (Fsp3) is 0.296. The molecule has 0 spiro atoms. The van der Waals surface area contributed by atoms with Crippen LogP contribution in [0.25, 0.3) is 6.08 Å². The zero-order chi connectivity index (χ0) is 23.8. The van der Waals surface area contributed by atoms with Gasteiger partial charge in [-0.25, -0.2) is 0 Å². The van der Waals surface area contributed by atoms with Gasteiger partial charge in [0.25, 0.3) is 5.91 Å². The minimum atomic E-state index is -1.08. The van der Waals surface area contributed by atoms with Gasteiger partial charge >= 0.3 is 5.97 Å². The van der Waals surface area contributed by atoms with Gasteiger partial charge in [-0.3, -0.25) is 14.5 Å². The van der Waals surface area contributed by atoms with Crippen LogP contribution in [0.3, 0.4) is 0 Å². The number of fused-ring (bicyclic) bond motifs is 3. The lowest BCUT2D eigenvalue weighted by molar-refractivity contribution is -0.140. The SMILES string of the molecule is Cc1ccc(N2c3ccc(C=CC=C4SC(=S)N(CC(=O)O)C4=O)cc3C3CCCCC32)cc1. The summed E-state index contributed by atoms with van der Waals surface area (Å²) in [4.78, 5) is 27.5. The third-order valence-corrected chi connectivity index (χ3v) is 8.18. The molecule has 1 N–H and O–H groups in total. The number of aliphatic carboxylic acids is 1. The lowest BCUT2D eigenvalue weighted by Gasteiger charge is -2.33. The Hall–Kier alpha value is -2.90. The second kappa shape index (κ2) is 9.39. The van der Waals surface area contributed by atoms with Crippen LogP contribution in [-0.2, 0) is 9.59 Å². The molecule has 1 saturated carbocycles. The first-order valence-electron chi connectivity index (χ1n) is 11.6. The lowest BCUT2D eigenvalue weighted by Crippen LogP contribution is -2.33. The average molecular weight is 491 g/mol. The van der Waals surface area contributed by atoms with Crippen molar-refractivity contribution in [3.63, 3.8) is 0 Å². The molecule has 174 valence electrons. The molecule has 0 radical (unpaired) electrons. The monoisotopic (exact) mass is 490 g/mol. The normalized spacial score (nSPS) is 23.1. The van der Waals surface area contributed by atoms with E-state index in [-0.39, 0.29) is 10.2 Å². The Kier molecular flexibility index (Phi) is 6.32. The van der Waals surface area contributed by atoms with Crippen LogP contribution in [0.1, 0.15) is 48.3 Å². The third kappa shape index (κ3) is 4.30. The number of rotatable bonds is 5. The molecule has 2 aromatic rings. The van der Waals surface area contributed by atoms with Crippen LogP contribution in [0.5, 0.6) is 0 Å². The van der Waals surface area contributed by atoms with Crippen molar-refractivity contribution in [3.05, 3.63) is 76.2 Å². The molecule has 1 amide bonds. The van der Waals surface area contributed by atoms with Crippen LogP contribution >= 0.6 is 24.0 Å². The largest absolute Gasteiger partial charge is 0.480 e. The molecule has 0 bridgehead atoms. The number of thioether (sulfide) groups is 1. The number of allylic oxidation sites excluding steroid dienone is 2. The van der Waals surface area contributed by atoms with E-state index in [2.05, 4.69) is 54.3 Å². The summed E-state index contributed by atoms with van der Waals surface area (Å²) in [6, 6.07) is 15.9. The Morgan fingerprint density at radius 1 is 1.18 bits per heavy atom. The molecule has 2 fully saturated rings. The number of nitrogens with zero attached hydrogens (tertiary/aromatic N) is 2. The number of amides is 1. The van der Waals surface area contributed by atoms with Gasteiger partial charge in [0.15, 0.2) is 0 Å². The number of carboxylic acid groups (broad SMARTS) is 1. The average Bonchev–Trinajstić information content (AvgIpc) is 3.28. The molecule has 7 heteroatoms. The van der Waals surface area contributed by atoms with Crippen molar-refractivity contribution in [2.45, 2.75) is 44.6 Å². The highest BCUT2D eigenvalue weighted by atomic mass is 32.2. The predicted molar refractivity (Wildman–Crippen MR) is 141 cm³/mol. The van der Waals surface area contributed by atoms with E-state index < -0.39 is 12.5 Å². The zero-order valence-electron chi connectivity index (χ0n) is 18.9. The molecule has 5 nitrogen and oxygen atoms in total. The van der Waals surface area contributed by atoms with Crippen molar-refractivity contribution >= 4 is 57.6 Å². The maximum absolute atomic E-state index is 12.4. The van der Waals surface area contributed by atoms with Crippen LogP contribution in [-0.4, -0.2) is 38.8 Å². The Bertz CT molecular complexity index is 1220. The van der Waals surface area contributed by atoms with Gasteiger partial charge in [0.1, 0.15) is 10.9 Å². The predicted octanol–water partition coefficient (Wildman–Crippen LogP) is 6.01. The number of thiocarbonyl (C=S) groups is 1. The maximum atomic E-state index is 12.4. The first-order chi connectivity index (χ1) is 16.4. The smallest absolute Gasteiger partial charge is 0.323 e. The topological polar surface area (TPSA) is 60.9 Å². The fourth-order valence-corrected chi connectivity index (χ4v) is 6.43. The van der Waals surface area contributed by atoms with E-state index in [9.17, 15) is 9.59 Å². The van der Waals surface area contributed by atoms with Gasteiger partial charge in [0.2, 0.25) is 0 Å². The molecule has 5 rings (SSSR count). The van der Waals surface area contributed by atoms with Gasteiger partial charge in [0, 0.05) is 23.3 Å². The van der Waals surface area contributed by atoms with Gasteiger partial charge in [-0.05, 0) is 61.2 Å².